The maximum absolute atomic E-state index is 12.2. The first-order valence-corrected chi connectivity index (χ1v) is 8.03. The van der Waals surface area contributed by atoms with Crippen molar-refractivity contribution in [2.45, 2.75) is 18.2 Å². The summed E-state index contributed by atoms with van der Waals surface area (Å²) < 4.78 is 26.7. The molecule has 8 heteroatoms. The van der Waals surface area contributed by atoms with Gasteiger partial charge in [-0.1, -0.05) is 12.1 Å². The molecule has 1 N–H and O–H groups in total. The molecule has 0 fully saturated rings. The van der Waals surface area contributed by atoms with Crippen LogP contribution >= 0.6 is 0 Å². The van der Waals surface area contributed by atoms with E-state index < -0.39 is 14.9 Å². The van der Waals surface area contributed by atoms with E-state index in [9.17, 15) is 18.5 Å². The summed E-state index contributed by atoms with van der Waals surface area (Å²) in [7, 11) is -3.79. The zero-order chi connectivity index (χ0) is 16.2. The second-order valence-electron chi connectivity index (χ2n) is 4.67. The van der Waals surface area contributed by atoms with Crippen molar-refractivity contribution in [3.63, 3.8) is 0 Å². The van der Waals surface area contributed by atoms with Crippen LogP contribution in [0.2, 0.25) is 0 Å². The van der Waals surface area contributed by atoms with Crippen molar-refractivity contribution >= 4 is 15.7 Å². The van der Waals surface area contributed by atoms with Gasteiger partial charge in [0.05, 0.1) is 9.82 Å². The Labute approximate surface area is 128 Å². The number of nitro groups is 1. The molecule has 0 aliphatic heterocycles. The van der Waals surface area contributed by atoms with E-state index in [2.05, 4.69) is 9.71 Å². The Bertz CT molecular complexity index is 776. The van der Waals surface area contributed by atoms with Crippen LogP contribution in [0.1, 0.15) is 11.3 Å². The first-order chi connectivity index (χ1) is 10.4. The number of hydrogen-bond donors (Lipinski definition) is 1. The number of rotatable bonds is 6. The molecule has 2 rings (SSSR count). The van der Waals surface area contributed by atoms with E-state index in [1.165, 1.54) is 12.1 Å². The van der Waals surface area contributed by atoms with Crippen molar-refractivity contribution in [3.8, 4) is 0 Å². The lowest BCUT2D eigenvalue weighted by molar-refractivity contribution is -0.385. The third-order valence-corrected chi connectivity index (χ3v) is 4.55. The molecule has 0 spiro atoms. The smallest absolute Gasteiger partial charge is 0.261 e. The van der Waals surface area contributed by atoms with Gasteiger partial charge in [-0.05, 0) is 25.1 Å². The van der Waals surface area contributed by atoms with Crippen LogP contribution in [0, 0.1) is 17.0 Å². The molecule has 0 atom stereocenters. The van der Waals surface area contributed by atoms with Gasteiger partial charge in [0.2, 0.25) is 10.0 Å². The summed E-state index contributed by atoms with van der Waals surface area (Å²) >= 11 is 0. The summed E-state index contributed by atoms with van der Waals surface area (Å²) in [4.78, 5) is 14.3. The van der Waals surface area contributed by atoms with Gasteiger partial charge in [0.15, 0.2) is 0 Å². The van der Waals surface area contributed by atoms with Crippen LogP contribution in [0.15, 0.2) is 47.5 Å². The number of hydrogen-bond acceptors (Lipinski definition) is 5. The lowest BCUT2D eigenvalue weighted by atomic mass is 10.2. The number of pyridine rings is 1. The van der Waals surface area contributed by atoms with Crippen LogP contribution in [-0.4, -0.2) is 24.9 Å². The average Bonchev–Trinajstić information content (AvgIpc) is 2.48. The monoisotopic (exact) mass is 321 g/mol. The van der Waals surface area contributed by atoms with Crippen molar-refractivity contribution in [2.75, 3.05) is 6.54 Å². The Morgan fingerprint density at radius 2 is 2.05 bits per heavy atom. The summed E-state index contributed by atoms with van der Waals surface area (Å²) in [6, 6.07) is 9.24. The molecule has 0 amide bonds. The Hall–Kier alpha value is -2.32. The van der Waals surface area contributed by atoms with Gasteiger partial charge in [-0.2, -0.15) is 0 Å². The molecule has 0 bridgehead atoms. The van der Waals surface area contributed by atoms with E-state index in [4.69, 9.17) is 0 Å². The number of benzene rings is 1. The highest BCUT2D eigenvalue weighted by molar-refractivity contribution is 7.89. The first-order valence-electron chi connectivity index (χ1n) is 6.55. The highest BCUT2D eigenvalue weighted by atomic mass is 32.2. The van der Waals surface area contributed by atoms with Crippen LogP contribution in [0.25, 0.3) is 0 Å². The number of nitrogens with zero attached hydrogens (tertiary/aromatic N) is 2. The zero-order valence-electron chi connectivity index (χ0n) is 11.9. The van der Waals surface area contributed by atoms with E-state index >= 15 is 0 Å². The van der Waals surface area contributed by atoms with Crippen molar-refractivity contribution < 1.29 is 13.3 Å². The predicted octanol–water partition coefficient (Wildman–Crippen LogP) is 1.82. The van der Waals surface area contributed by atoms with Gasteiger partial charge in [0, 0.05) is 36.5 Å². The molecule has 0 unspecified atom stereocenters. The van der Waals surface area contributed by atoms with Crippen LogP contribution in [0.3, 0.4) is 0 Å². The van der Waals surface area contributed by atoms with Crippen LogP contribution in [-0.2, 0) is 16.4 Å². The second kappa shape index (κ2) is 6.63. The molecule has 7 nitrogen and oxygen atoms in total. The molecular formula is C14H15N3O4S. The molecule has 116 valence electrons. The predicted molar refractivity (Wildman–Crippen MR) is 81.0 cm³/mol. The molecule has 0 aliphatic carbocycles. The van der Waals surface area contributed by atoms with E-state index in [0.29, 0.717) is 12.0 Å². The third kappa shape index (κ3) is 3.86. The summed E-state index contributed by atoms with van der Waals surface area (Å²) in [5, 5.41) is 10.9. The number of sulfonamides is 1. The van der Waals surface area contributed by atoms with Gasteiger partial charge in [0.25, 0.3) is 5.69 Å². The number of nitrogens with one attached hydrogen (secondary N) is 1. The van der Waals surface area contributed by atoms with Crippen LogP contribution in [0.5, 0.6) is 0 Å². The summed E-state index contributed by atoms with van der Waals surface area (Å²) in [5.74, 6) is 0. The highest BCUT2D eigenvalue weighted by Crippen LogP contribution is 2.21. The maximum atomic E-state index is 12.2. The van der Waals surface area contributed by atoms with Crippen LogP contribution < -0.4 is 4.72 Å². The molecule has 1 aromatic carbocycles. The topological polar surface area (TPSA) is 102 Å². The molecule has 0 radical (unpaired) electrons. The Morgan fingerprint density at radius 1 is 1.27 bits per heavy atom. The maximum Gasteiger partial charge on any atom is 0.273 e. The van der Waals surface area contributed by atoms with E-state index in [0.717, 1.165) is 11.8 Å². The molecule has 1 heterocycles. The number of aromatic nitrogens is 1. The molecule has 2 aromatic rings. The number of nitro benzene ring substituents is 1. The second-order valence-corrected chi connectivity index (χ2v) is 6.44. The summed E-state index contributed by atoms with van der Waals surface area (Å²) in [6.45, 7) is 1.73. The van der Waals surface area contributed by atoms with Crippen molar-refractivity contribution in [2.24, 2.45) is 0 Å². The molecule has 0 saturated carbocycles. The standard InChI is InChI=1S/C14H15N3O4S/c1-11-5-6-13(10-14(11)17(18)19)22(20,21)16-9-7-12-4-2-3-8-15-12/h2-6,8,10,16H,7,9H2,1H3. The Morgan fingerprint density at radius 3 is 2.68 bits per heavy atom. The molecule has 22 heavy (non-hydrogen) atoms. The first kappa shape index (κ1) is 16.1. The highest BCUT2D eigenvalue weighted by Gasteiger charge is 2.19. The van der Waals surface area contributed by atoms with E-state index in [-0.39, 0.29) is 17.1 Å². The minimum absolute atomic E-state index is 0.120. The lowest BCUT2D eigenvalue weighted by Gasteiger charge is -2.07. The lowest BCUT2D eigenvalue weighted by Crippen LogP contribution is -2.26. The molecular weight excluding hydrogens is 306 g/mol. The Balaban J connectivity index is 2.10. The van der Waals surface area contributed by atoms with Crippen molar-refractivity contribution in [1.29, 1.82) is 0 Å². The van der Waals surface area contributed by atoms with Gasteiger partial charge in [-0.25, -0.2) is 13.1 Å². The normalized spacial score (nSPS) is 11.3. The fourth-order valence-corrected chi connectivity index (χ4v) is 2.95. The average molecular weight is 321 g/mol. The minimum atomic E-state index is -3.79. The van der Waals surface area contributed by atoms with Crippen molar-refractivity contribution in [1.82, 2.24) is 9.71 Å². The van der Waals surface area contributed by atoms with E-state index in [1.54, 1.807) is 25.3 Å². The SMILES string of the molecule is Cc1ccc(S(=O)(=O)NCCc2ccccn2)cc1[N+](=O)[O-]. The molecule has 0 aliphatic rings. The molecule has 1 aromatic heterocycles. The minimum Gasteiger partial charge on any atom is -0.261 e. The Kier molecular flexibility index (Phi) is 4.84. The van der Waals surface area contributed by atoms with Gasteiger partial charge >= 0.3 is 0 Å². The largest absolute Gasteiger partial charge is 0.273 e. The van der Waals surface area contributed by atoms with Crippen molar-refractivity contribution in [3.05, 3.63) is 64.0 Å². The van der Waals surface area contributed by atoms with Crippen LogP contribution in [0.4, 0.5) is 5.69 Å². The fourth-order valence-electron chi connectivity index (χ4n) is 1.90. The number of aryl methyl sites for hydroxylation is 1. The van der Waals surface area contributed by atoms with Gasteiger partial charge < -0.3 is 0 Å². The summed E-state index contributed by atoms with van der Waals surface area (Å²) in [6.07, 6.45) is 2.07. The quantitative estimate of drug-likeness (QED) is 0.646. The summed E-state index contributed by atoms with van der Waals surface area (Å²) in [5.41, 5.74) is 0.963. The van der Waals surface area contributed by atoms with E-state index in [1.807, 2.05) is 6.07 Å². The third-order valence-electron chi connectivity index (χ3n) is 3.09. The van der Waals surface area contributed by atoms with Gasteiger partial charge in [0.1, 0.15) is 0 Å². The fraction of sp³-hybridized carbons (Fsp3) is 0.214. The zero-order valence-corrected chi connectivity index (χ0v) is 12.7. The van der Waals surface area contributed by atoms with Gasteiger partial charge in [-0.15, -0.1) is 0 Å². The van der Waals surface area contributed by atoms with Gasteiger partial charge in [-0.3, -0.25) is 15.1 Å². The molecule has 0 saturated heterocycles.